The molecule has 2 aromatic heterocycles. The summed E-state index contributed by atoms with van der Waals surface area (Å²) in [6.45, 7) is 6.98. The molecule has 3 heterocycles. The van der Waals surface area contributed by atoms with Gasteiger partial charge in [-0.3, -0.25) is 4.90 Å². The van der Waals surface area contributed by atoms with E-state index in [-0.39, 0.29) is 34.4 Å². The molecule has 0 aliphatic carbocycles. The summed E-state index contributed by atoms with van der Waals surface area (Å²) in [6.07, 6.45) is -2.22. The minimum atomic E-state index is -2.89. The maximum atomic E-state index is 15.3. The van der Waals surface area contributed by atoms with Crippen molar-refractivity contribution in [1.82, 2.24) is 24.6 Å². The molecule has 1 aliphatic heterocycles. The number of β-amino-alcohol motifs (C(OH)–C–C–N with tert-alkyl or cyclic N) is 1. The molecule has 1 aliphatic rings. The van der Waals surface area contributed by atoms with Crippen LogP contribution < -0.4 is 10.5 Å². The molecule has 2 atom stereocenters. The first-order valence-corrected chi connectivity index (χ1v) is 11.3. The van der Waals surface area contributed by atoms with E-state index in [9.17, 15) is 13.9 Å². The molecule has 1 saturated heterocycles. The lowest BCUT2D eigenvalue weighted by Crippen LogP contribution is -2.48. The third-order valence-electron chi connectivity index (χ3n) is 5.98. The van der Waals surface area contributed by atoms with Gasteiger partial charge in [0.25, 0.3) is 6.43 Å². The van der Waals surface area contributed by atoms with E-state index in [2.05, 4.69) is 15.1 Å². The first-order valence-electron chi connectivity index (χ1n) is 11.0. The molecule has 2 unspecified atom stereocenters. The predicted molar refractivity (Wildman–Crippen MR) is 122 cm³/mol. The van der Waals surface area contributed by atoms with E-state index in [0.29, 0.717) is 36.5 Å². The van der Waals surface area contributed by atoms with Crippen molar-refractivity contribution in [2.45, 2.75) is 45.3 Å². The van der Waals surface area contributed by atoms with E-state index in [1.165, 1.54) is 17.1 Å². The molecule has 8 nitrogen and oxygen atoms in total. The number of hydrogen-bond acceptors (Lipinski definition) is 7. The van der Waals surface area contributed by atoms with Crippen molar-refractivity contribution < 1.29 is 23.0 Å². The molecule has 0 amide bonds. The number of nitrogen functional groups attached to an aromatic ring is 1. The Labute approximate surface area is 199 Å². The van der Waals surface area contributed by atoms with Gasteiger partial charge in [-0.05, 0) is 26.8 Å². The van der Waals surface area contributed by atoms with Crippen LogP contribution in [0.2, 0.25) is 5.02 Å². The number of aliphatic hydroxyl groups is 1. The molecule has 0 radical (unpaired) electrons. The number of rotatable bonds is 8. The summed E-state index contributed by atoms with van der Waals surface area (Å²) in [5.41, 5.74) is 6.27. The maximum absolute atomic E-state index is 15.3. The van der Waals surface area contributed by atoms with E-state index in [1.54, 1.807) is 20.8 Å². The Morgan fingerprint density at radius 2 is 2.00 bits per heavy atom. The van der Waals surface area contributed by atoms with Crippen LogP contribution in [0.3, 0.4) is 0 Å². The number of hydrogen-bond donors (Lipinski definition) is 2. The topological polar surface area (TPSA) is 102 Å². The van der Waals surface area contributed by atoms with E-state index in [4.69, 9.17) is 22.1 Å². The number of anilines is 1. The quantitative estimate of drug-likeness (QED) is 0.485. The number of fused-ring (bicyclic) bond motifs is 1. The van der Waals surface area contributed by atoms with Crippen molar-refractivity contribution in [3.05, 3.63) is 40.1 Å². The van der Waals surface area contributed by atoms with Crippen LogP contribution in [0.4, 0.5) is 19.0 Å². The Morgan fingerprint density at radius 3 is 2.62 bits per heavy atom. The number of alkyl halides is 2. The number of aromatic nitrogens is 4. The maximum Gasteiger partial charge on any atom is 0.282 e. The molecule has 4 rings (SSSR count). The summed E-state index contributed by atoms with van der Waals surface area (Å²) in [7, 11) is 0. The van der Waals surface area contributed by atoms with Gasteiger partial charge >= 0.3 is 0 Å². The third-order valence-corrected chi connectivity index (χ3v) is 6.26. The van der Waals surface area contributed by atoms with Gasteiger partial charge in [0.1, 0.15) is 29.4 Å². The summed E-state index contributed by atoms with van der Waals surface area (Å²) in [5.74, 6) is -0.570. The van der Waals surface area contributed by atoms with E-state index >= 15 is 4.39 Å². The van der Waals surface area contributed by atoms with Crippen LogP contribution in [0.25, 0.3) is 11.0 Å². The number of aliphatic hydroxyl groups excluding tert-OH is 1. The largest absolute Gasteiger partial charge is 0.493 e. The zero-order valence-corrected chi connectivity index (χ0v) is 19.7. The van der Waals surface area contributed by atoms with Crippen LogP contribution in [0.15, 0.2) is 12.4 Å². The molecule has 0 saturated carbocycles. The highest BCUT2D eigenvalue weighted by molar-refractivity contribution is 6.31. The van der Waals surface area contributed by atoms with Gasteiger partial charge in [0.2, 0.25) is 0 Å². The second kappa shape index (κ2) is 9.55. The van der Waals surface area contributed by atoms with Crippen LogP contribution in [0.5, 0.6) is 5.75 Å². The molecule has 3 aromatic rings. The van der Waals surface area contributed by atoms with Crippen molar-refractivity contribution in [3.8, 4) is 5.75 Å². The zero-order chi connectivity index (χ0) is 24.7. The summed E-state index contributed by atoms with van der Waals surface area (Å²) < 4.78 is 49.9. The minimum absolute atomic E-state index is 0.0245. The molecular formula is C22H26ClF3N6O2. The molecule has 3 N–H and O–H groups in total. The number of ether oxygens (including phenoxy) is 1. The third kappa shape index (κ3) is 4.27. The van der Waals surface area contributed by atoms with Crippen molar-refractivity contribution in [2.75, 3.05) is 32.0 Å². The molecule has 0 bridgehead atoms. The smallest absolute Gasteiger partial charge is 0.282 e. The number of likely N-dealkylation sites (tertiary alicyclic amines) is 1. The molecule has 12 heteroatoms. The molecule has 1 fully saturated rings. The normalized spacial score (nSPS) is 16.7. The van der Waals surface area contributed by atoms with E-state index < -0.39 is 30.1 Å². The zero-order valence-electron chi connectivity index (χ0n) is 19.0. The monoisotopic (exact) mass is 498 g/mol. The van der Waals surface area contributed by atoms with Gasteiger partial charge in [0, 0.05) is 36.7 Å². The van der Waals surface area contributed by atoms with Gasteiger partial charge in [-0.25, -0.2) is 27.8 Å². The van der Waals surface area contributed by atoms with Crippen LogP contribution in [-0.4, -0.2) is 62.1 Å². The number of benzene rings is 1. The average Bonchev–Trinajstić information content (AvgIpc) is 3.15. The highest BCUT2D eigenvalue weighted by atomic mass is 35.5. The van der Waals surface area contributed by atoms with Gasteiger partial charge < -0.3 is 15.6 Å². The summed E-state index contributed by atoms with van der Waals surface area (Å²) >= 11 is 6.29. The predicted octanol–water partition coefficient (Wildman–Crippen LogP) is 3.93. The van der Waals surface area contributed by atoms with E-state index in [1.807, 2.05) is 4.90 Å². The number of halogens is 4. The van der Waals surface area contributed by atoms with Crippen LogP contribution in [-0.2, 0) is 0 Å². The first kappa shape index (κ1) is 24.5. The Bertz CT molecular complexity index is 1200. The van der Waals surface area contributed by atoms with Crippen molar-refractivity contribution in [2.24, 2.45) is 0 Å². The van der Waals surface area contributed by atoms with Gasteiger partial charge in [-0.2, -0.15) is 5.10 Å². The Hall–Kier alpha value is -2.63. The van der Waals surface area contributed by atoms with Crippen molar-refractivity contribution >= 4 is 28.5 Å². The van der Waals surface area contributed by atoms with E-state index in [0.717, 1.165) is 0 Å². The van der Waals surface area contributed by atoms with Crippen LogP contribution >= 0.6 is 11.6 Å². The van der Waals surface area contributed by atoms with Gasteiger partial charge in [0.05, 0.1) is 29.2 Å². The number of nitrogens with two attached hydrogens (primary N) is 1. The standard InChI is InChI=1S/C22H26ClF3N6O2/c1-4-34-19-13(5-14(23)17(24)15(19)12-7-31(8-12)6-10(2)33)11(3)32-22-16(18(30-32)20(25)26)21(27)28-9-29-22/h5,9-12,20,33H,4,6-8H2,1-3H3,(H2,27,28,29). The average molecular weight is 499 g/mol. The lowest BCUT2D eigenvalue weighted by molar-refractivity contribution is 0.0721. The molecule has 184 valence electrons. The molecule has 1 aromatic carbocycles. The first-order chi connectivity index (χ1) is 16.1. The van der Waals surface area contributed by atoms with Crippen LogP contribution in [0.1, 0.15) is 56.0 Å². The second-order valence-corrected chi connectivity index (χ2v) is 8.87. The summed E-state index contributed by atoms with van der Waals surface area (Å²) in [4.78, 5) is 9.95. The summed E-state index contributed by atoms with van der Waals surface area (Å²) in [6, 6.07) is 0.749. The lowest BCUT2D eigenvalue weighted by Gasteiger charge is -2.41. The van der Waals surface area contributed by atoms with Gasteiger partial charge in [0.15, 0.2) is 5.65 Å². The minimum Gasteiger partial charge on any atom is -0.493 e. The number of nitrogens with zero attached hydrogens (tertiary/aromatic N) is 5. The summed E-state index contributed by atoms with van der Waals surface area (Å²) in [5, 5.41) is 13.6. The highest BCUT2D eigenvalue weighted by Gasteiger charge is 2.36. The fourth-order valence-corrected chi connectivity index (χ4v) is 4.70. The molecule has 0 spiro atoms. The van der Waals surface area contributed by atoms with Gasteiger partial charge in [-0.15, -0.1) is 0 Å². The van der Waals surface area contributed by atoms with Crippen LogP contribution in [0, 0.1) is 5.82 Å². The fraction of sp³-hybridized carbons (Fsp3) is 0.500. The van der Waals surface area contributed by atoms with Gasteiger partial charge in [-0.1, -0.05) is 11.6 Å². The Morgan fingerprint density at radius 1 is 1.29 bits per heavy atom. The lowest BCUT2D eigenvalue weighted by atomic mass is 9.87. The fourth-order valence-electron chi connectivity index (χ4n) is 4.48. The van der Waals surface area contributed by atoms with Crippen molar-refractivity contribution in [1.29, 1.82) is 0 Å². The Balaban J connectivity index is 1.82. The van der Waals surface area contributed by atoms with Crippen molar-refractivity contribution in [3.63, 3.8) is 0 Å². The second-order valence-electron chi connectivity index (χ2n) is 8.47. The molecular weight excluding hydrogens is 473 g/mol. The Kier molecular flexibility index (Phi) is 6.88. The molecule has 34 heavy (non-hydrogen) atoms. The SMILES string of the molecule is CCOc1c(C(C)n2nc(C(F)F)c3c(N)ncnc32)cc(Cl)c(F)c1C1CN(CC(C)O)C1. The highest BCUT2D eigenvalue weighted by Crippen LogP contribution is 2.44.